The number of nitrogens with one attached hydrogen (secondary N) is 1. The second-order valence-corrected chi connectivity index (χ2v) is 5.28. The number of rotatable bonds is 7. The molecule has 0 saturated carbocycles. The largest absolute Gasteiger partial charge is 0.463 e. The molecule has 0 spiro atoms. The van der Waals surface area contributed by atoms with Crippen LogP contribution in [0.2, 0.25) is 0 Å². The van der Waals surface area contributed by atoms with Gasteiger partial charge in [-0.1, -0.05) is 0 Å². The first-order chi connectivity index (χ1) is 10.1. The third kappa shape index (κ3) is 4.48. The summed E-state index contributed by atoms with van der Waals surface area (Å²) in [7, 11) is 0. The Morgan fingerprint density at radius 3 is 2.50 bits per heavy atom. The molecule has 0 bridgehead atoms. The number of halogens is 3. The lowest BCUT2D eigenvalue weighted by atomic mass is 9.95. The summed E-state index contributed by atoms with van der Waals surface area (Å²) in [4.78, 5) is 11.8. The molecule has 0 aromatic carbocycles. The number of amides is 1. The van der Waals surface area contributed by atoms with E-state index >= 15 is 0 Å². The fraction of sp³-hybridized carbons (Fsp3) is 0.643. The number of aryl methyl sites for hydroxylation is 1. The third-order valence-electron chi connectivity index (χ3n) is 3.24. The van der Waals surface area contributed by atoms with Crippen molar-refractivity contribution >= 4 is 5.91 Å². The Morgan fingerprint density at radius 2 is 2.05 bits per heavy atom. The van der Waals surface area contributed by atoms with Crippen LogP contribution in [0.5, 0.6) is 0 Å². The lowest BCUT2D eigenvalue weighted by Gasteiger charge is -2.28. The van der Waals surface area contributed by atoms with Crippen LogP contribution in [-0.4, -0.2) is 34.9 Å². The Kier molecular flexibility index (Phi) is 6.01. The highest BCUT2D eigenvalue weighted by Crippen LogP contribution is 2.42. The summed E-state index contributed by atoms with van der Waals surface area (Å²) in [6.45, 7) is 2.98. The van der Waals surface area contributed by atoms with Gasteiger partial charge >= 0.3 is 6.18 Å². The summed E-state index contributed by atoms with van der Waals surface area (Å²) in [5, 5.41) is 21.0. The van der Waals surface area contributed by atoms with E-state index in [1.165, 1.54) is 13.0 Å². The predicted octanol–water partition coefficient (Wildman–Crippen LogP) is 2.01. The lowest BCUT2D eigenvalue weighted by molar-refractivity contribution is -0.273. The quantitative estimate of drug-likeness (QED) is 0.717. The standard InChI is InChI=1S/C14H20F3NO4/c1-9(4-3-7-19)18-12(20)8-13(21,14(15,16)17)11-6-5-10(2)22-11/h5-6,9,19,21H,3-4,7-8H2,1-2H3,(H,18,20). The van der Waals surface area contributed by atoms with Gasteiger partial charge in [0.15, 0.2) is 0 Å². The van der Waals surface area contributed by atoms with Gasteiger partial charge in [0.2, 0.25) is 11.5 Å². The molecule has 2 unspecified atom stereocenters. The first-order valence-electron chi connectivity index (χ1n) is 6.86. The van der Waals surface area contributed by atoms with E-state index in [9.17, 15) is 23.1 Å². The topological polar surface area (TPSA) is 82.7 Å². The third-order valence-corrected chi connectivity index (χ3v) is 3.24. The molecule has 0 fully saturated rings. The molecule has 8 heteroatoms. The van der Waals surface area contributed by atoms with E-state index in [1.54, 1.807) is 6.92 Å². The Balaban J connectivity index is 2.85. The van der Waals surface area contributed by atoms with Crippen molar-refractivity contribution in [2.45, 2.75) is 50.9 Å². The van der Waals surface area contributed by atoms with E-state index in [-0.39, 0.29) is 12.4 Å². The first kappa shape index (κ1) is 18.5. The van der Waals surface area contributed by atoms with Crippen molar-refractivity contribution in [2.75, 3.05) is 6.61 Å². The fourth-order valence-corrected chi connectivity index (χ4v) is 2.01. The first-order valence-corrected chi connectivity index (χ1v) is 6.86. The van der Waals surface area contributed by atoms with Crippen molar-refractivity contribution < 1.29 is 32.6 Å². The van der Waals surface area contributed by atoms with Gasteiger partial charge in [0.05, 0.1) is 6.42 Å². The van der Waals surface area contributed by atoms with E-state index in [0.717, 1.165) is 6.07 Å². The van der Waals surface area contributed by atoms with Crippen LogP contribution in [0.4, 0.5) is 13.2 Å². The minimum Gasteiger partial charge on any atom is -0.463 e. The van der Waals surface area contributed by atoms with Crippen LogP contribution in [0.15, 0.2) is 16.5 Å². The van der Waals surface area contributed by atoms with Crippen molar-refractivity contribution in [3.63, 3.8) is 0 Å². The minimum atomic E-state index is -5.05. The molecule has 2 atom stereocenters. The summed E-state index contributed by atoms with van der Waals surface area (Å²) < 4.78 is 44.4. The zero-order valence-electron chi connectivity index (χ0n) is 12.4. The molecule has 0 aliphatic heterocycles. The highest BCUT2D eigenvalue weighted by Gasteiger charge is 2.58. The predicted molar refractivity (Wildman–Crippen MR) is 71.9 cm³/mol. The molecule has 22 heavy (non-hydrogen) atoms. The molecule has 1 aromatic rings. The number of furan rings is 1. The minimum absolute atomic E-state index is 0.0711. The van der Waals surface area contributed by atoms with Crippen LogP contribution in [0.25, 0.3) is 0 Å². The van der Waals surface area contributed by atoms with Gasteiger partial charge in [-0.05, 0) is 38.8 Å². The molecule has 3 N–H and O–H groups in total. The molecule has 1 amide bonds. The maximum absolute atomic E-state index is 13.2. The van der Waals surface area contributed by atoms with Gasteiger partial charge in [-0.3, -0.25) is 4.79 Å². The Morgan fingerprint density at radius 1 is 1.41 bits per heavy atom. The van der Waals surface area contributed by atoms with Crippen LogP contribution < -0.4 is 5.32 Å². The maximum Gasteiger partial charge on any atom is 0.425 e. The highest BCUT2D eigenvalue weighted by molar-refractivity contribution is 5.77. The van der Waals surface area contributed by atoms with Crippen LogP contribution in [0.3, 0.4) is 0 Å². The smallest absolute Gasteiger partial charge is 0.425 e. The maximum atomic E-state index is 13.2. The molecule has 1 rings (SSSR count). The van der Waals surface area contributed by atoms with Crippen LogP contribution in [0.1, 0.15) is 37.7 Å². The van der Waals surface area contributed by atoms with Gasteiger partial charge in [0.25, 0.3) is 0 Å². The lowest BCUT2D eigenvalue weighted by Crippen LogP contribution is -2.47. The van der Waals surface area contributed by atoms with E-state index < -0.39 is 35.9 Å². The number of aliphatic hydroxyl groups is 2. The van der Waals surface area contributed by atoms with Gasteiger partial charge in [-0.15, -0.1) is 0 Å². The molecule has 1 aromatic heterocycles. The zero-order chi connectivity index (χ0) is 17.0. The summed E-state index contributed by atoms with van der Waals surface area (Å²) in [6.07, 6.45) is -5.40. The van der Waals surface area contributed by atoms with Gasteiger partial charge in [-0.25, -0.2) is 0 Å². The summed E-state index contributed by atoms with van der Waals surface area (Å²) in [6, 6.07) is 1.88. The molecule has 0 radical (unpaired) electrons. The number of hydrogen-bond acceptors (Lipinski definition) is 4. The van der Waals surface area contributed by atoms with Crippen molar-refractivity contribution in [2.24, 2.45) is 0 Å². The van der Waals surface area contributed by atoms with Crippen molar-refractivity contribution in [3.05, 3.63) is 23.7 Å². The molecule has 0 aliphatic rings. The number of carbonyl (C=O) groups excluding carboxylic acids is 1. The van der Waals surface area contributed by atoms with E-state index in [1.807, 2.05) is 0 Å². The summed E-state index contributed by atoms with van der Waals surface area (Å²) in [5.41, 5.74) is -3.37. The van der Waals surface area contributed by atoms with Crippen LogP contribution >= 0.6 is 0 Å². The number of aliphatic hydroxyl groups excluding tert-OH is 1. The highest BCUT2D eigenvalue weighted by atomic mass is 19.4. The number of alkyl halides is 3. The Hall–Kier alpha value is -1.54. The molecule has 0 saturated heterocycles. The fourth-order valence-electron chi connectivity index (χ4n) is 2.01. The van der Waals surface area contributed by atoms with Gasteiger partial charge in [0.1, 0.15) is 11.5 Å². The van der Waals surface area contributed by atoms with Gasteiger partial charge < -0.3 is 19.9 Å². The van der Waals surface area contributed by atoms with Crippen LogP contribution in [0, 0.1) is 6.92 Å². The van der Waals surface area contributed by atoms with Crippen molar-refractivity contribution in [1.82, 2.24) is 5.32 Å². The Bertz CT molecular complexity index is 501. The molecule has 5 nitrogen and oxygen atoms in total. The van der Waals surface area contributed by atoms with E-state index in [0.29, 0.717) is 12.8 Å². The SMILES string of the molecule is Cc1ccc(C(O)(CC(=O)NC(C)CCCO)C(F)(F)F)o1. The van der Waals surface area contributed by atoms with E-state index in [2.05, 4.69) is 5.32 Å². The second-order valence-electron chi connectivity index (χ2n) is 5.28. The molecule has 0 aliphatic carbocycles. The second kappa shape index (κ2) is 7.15. The molecule has 1 heterocycles. The number of carbonyl (C=O) groups is 1. The normalized spacial score (nSPS) is 16.1. The monoisotopic (exact) mass is 323 g/mol. The van der Waals surface area contributed by atoms with Gasteiger partial charge in [0, 0.05) is 12.6 Å². The van der Waals surface area contributed by atoms with Crippen LogP contribution in [-0.2, 0) is 10.4 Å². The van der Waals surface area contributed by atoms with E-state index in [4.69, 9.17) is 9.52 Å². The molecule has 126 valence electrons. The Labute approximate surface area is 126 Å². The van der Waals surface area contributed by atoms with Crippen molar-refractivity contribution in [3.8, 4) is 0 Å². The average molecular weight is 323 g/mol. The zero-order valence-corrected chi connectivity index (χ0v) is 12.4. The summed E-state index contributed by atoms with van der Waals surface area (Å²) >= 11 is 0. The number of hydrogen-bond donors (Lipinski definition) is 3. The van der Waals surface area contributed by atoms with Gasteiger partial charge in [-0.2, -0.15) is 13.2 Å². The average Bonchev–Trinajstić information content (AvgIpc) is 2.81. The molecular formula is C14H20F3NO4. The summed E-state index contributed by atoms with van der Waals surface area (Å²) in [5.74, 6) is -1.45. The van der Waals surface area contributed by atoms with Crippen molar-refractivity contribution in [1.29, 1.82) is 0 Å². The molecular weight excluding hydrogens is 303 g/mol.